The van der Waals surface area contributed by atoms with E-state index in [2.05, 4.69) is 13.8 Å². The topological polar surface area (TPSA) is 20.2 Å². The number of rotatable bonds is 5. The molecule has 0 heterocycles. The molecule has 0 saturated carbocycles. The Labute approximate surface area is 68.4 Å². The monoisotopic (exact) mass is 164 g/mol. The van der Waals surface area contributed by atoms with Crippen LogP contribution >= 0.6 is 11.6 Å². The summed E-state index contributed by atoms with van der Waals surface area (Å²) in [6, 6.07) is 0. The van der Waals surface area contributed by atoms with Gasteiger partial charge in [-0.25, -0.2) is 0 Å². The summed E-state index contributed by atoms with van der Waals surface area (Å²) in [5.74, 6) is 1.11. The lowest BCUT2D eigenvalue weighted by molar-refractivity contribution is 0.182. The third-order valence-electron chi connectivity index (χ3n) is 1.50. The molecule has 0 aromatic carbocycles. The van der Waals surface area contributed by atoms with E-state index in [9.17, 15) is 0 Å². The Hall–Kier alpha value is 0.250. The smallest absolute Gasteiger partial charge is 0.0675 e. The Bertz CT molecular complexity index is 73.7. The summed E-state index contributed by atoms with van der Waals surface area (Å²) >= 11 is 5.42. The van der Waals surface area contributed by atoms with Crippen LogP contribution in [0.4, 0.5) is 0 Å². The molecule has 0 spiro atoms. The quantitative estimate of drug-likeness (QED) is 0.619. The molecule has 2 heteroatoms. The van der Waals surface area contributed by atoms with Crippen molar-refractivity contribution in [1.82, 2.24) is 0 Å². The van der Waals surface area contributed by atoms with E-state index in [0.717, 1.165) is 18.8 Å². The largest absolute Gasteiger partial charge is 0.392 e. The fourth-order valence-corrected chi connectivity index (χ4v) is 0.993. The SMILES string of the molecule is CC(C)CCCC(O)CCl. The minimum absolute atomic E-state index is 0.291. The summed E-state index contributed by atoms with van der Waals surface area (Å²) < 4.78 is 0. The van der Waals surface area contributed by atoms with Crippen LogP contribution in [-0.2, 0) is 0 Å². The van der Waals surface area contributed by atoms with E-state index in [1.54, 1.807) is 0 Å². The number of alkyl halides is 1. The predicted molar refractivity (Wildman–Crippen MR) is 45.4 cm³/mol. The predicted octanol–water partition coefficient (Wildman–Crippen LogP) is 2.41. The van der Waals surface area contributed by atoms with Crippen molar-refractivity contribution in [1.29, 1.82) is 0 Å². The van der Waals surface area contributed by atoms with Gasteiger partial charge in [0.25, 0.3) is 0 Å². The molecule has 0 aromatic rings. The molecule has 10 heavy (non-hydrogen) atoms. The highest BCUT2D eigenvalue weighted by molar-refractivity contribution is 6.18. The van der Waals surface area contributed by atoms with Crippen molar-refractivity contribution in [2.45, 2.75) is 39.2 Å². The van der Waals surface area contributed by atoms with Crippen molar-refractivity contribution in [3.8, 4) is 0 Å². The normalized spacial score (nSPS) is 14.1. The van der Waals surface area contributed by atoms with E-state index in [1.165, 1.54) is 6.42 Å². The summed E-state index contributed by atoms with van der Waals surface area (Å²) in [6.45, 7) is 4.38. The first-order valence-corrected chi connectivity index (χ1v) is 4.44. The first-order valence-electron chi connectivity index (χ1n) is 3.90. The Morgan fingerprint density at radius 2 is 1.90 bits per heavy atom. The third kappa shape index (κ3) is 6.37. The van der Waals surface area contributed by atoms with Gasteiger partial charge in [0, 0.05) is 5.88 Å². The highest BCUT2D eigenvalue weighted by Crippen LogP contribution is 2.08. The number of hydrogen-bond acceptors (Lipinski definition) is 1. The average Bonchev–Trinajstić information content (AvgIpc) is 1.87. The molecule has 0 aromatic heterocycles. The van der Waals surface area contributed by atoms with Crippen LogP contribution in [0.5, 0.6) is 0 Å². The second-order valence-electron chi connectivity index (χ2n) is 3.13. The number of halogens is 1. The standard InChI is InChI=1S/C8H17ClO/c1-7(2)4-3-5-8(10)6-9/h7-8,10H,3-6H2,1-2H3. The summed E-state index contributed by atoms with van der Waals surface area (Å²) in [5.41, 5.74) is 0. The first kappa shape index (κ1) is 10.2. The zero-order valence-electron chi connectivity index (χ0n) is 6.81. The lowest BCUT2D eigenvalue weighted by Gasteiger charge is -2.07. The molecule has 62 valence electrons. The van der Waals surface area contributed by atoms with Crippen LogP contribution in [-0.4, -0.2) is 17.1 Å². The van der Waals surface area contributed by atoms with E-state index >= 15 is 0 Å². The van der Waals surface area contributed by atoms with Gasteiger partial charge in [0.1, 0.15) is 0 Å². The summed E-state index contributed by atoms with van der Waals surface area (Å²) in [4.78, 5) is 0. The molecule has 1 unspecified atom stereocenters. The number of aliphatic hydroxyl groups excluding tert-OH is 1. The van der Waals surface area contributed by atoms with E-state index in [1.807, 2.05) is 0 Å². The molecule has 0 aliphatic rings. The Kier molecular flexibility index (Phi) is 6.14. The molecule has 1 N–H and O–H groups in total. The highest BCUT2D eigenvalue weighted by atomic mass is 35.5. The van der Waals surface area contributed by atoms with Crippen molar-refractivity contribution in [2.75, 3.05) is 5.88 Å². The van der Waals surface area contributed by atoms with E-state index in [4.69, 9.17) is 16.7 Å². The second-order valence-corrected chi connectivity index (χ2v) is 3.44. The maximum absolute atomic E-state index is 9.04. The van der Waals surface area contributed by atoms with Crippen LogP contribution in [0, 0.1) is 5.92 Å². The van der Waals surface area contributed by atoms with Gasteiger partial charge < -0.3 is 5.11 Å². The van der Waals surface area contributed by atoms with Gasteiger partial charge in [-0.2, -0.15) is 0 Å². The van der Waals surface area contributed by atoms with Gasteiger partial charge in [0.05, 0.1) is 6.10 Å². The van der Waals surface area contributed by atoms with Crippen LogP contribution in [0.1, 0.15) is 33.1 Å². The van der Waals surface area contributed by atoms with Gasteiger partial charge in [0.2, 0.25) is 0 Å². The van der Waals surface area contributed by atoms with Gasteiger partial charge >= 0.3 is 0 Å². The summed E-state index contributed by atoms with van der Waals surface area (Å²) in [7, 11) is 0. The molecule has 1 nitrogen and oxygen atoms in total. The maximum atomic E-state index is 9.04. The van der Waals surface area contributed by atoms with Gasteiger partial charge in [0.15, 0.2) is 0 Å². The number of aliphatic hydroxyl groups is 1. The van der Waals surface area contributed by atoms with Crippen molar-refractivity contribution < 1.29 is 5.11 Å². The van der Waals surface area contributed by atoms with Crippen LogP contribution < -0.4 is 0 Å². The van der Waals surface area contributed by atoms with Crippen molar-refractivity contribution >= 4 is 11.6 Å². The molecule has 0 aliphatic heterocycles. The average molecular weight is 165 g/mol. The first-order chi connectivity index (χ1) is 4.66. The van der Waals surface area contributed by atoms with Gasteiger partial charge in [-0.15, -0.1) is 11.6 Å². The lowest BCUT2D eigenvalue weighted by atomic mass is 10.1. The maximum Gasteiger partial charge on any atom is 0.0675 e. The molecular formula is C8H17ClO. The van der Waals surface area contributed by atoms with Crippen molar-refractivity contribution in [3.05, 3.63) is 0 Å². The molecule has 0 bridgehead atoms. The molecule has 0 radical (unpaired) electrons. The zero-order chi connectivity index (χ0) is 7.98. The van der Waals surface area contributed by atoms with Crippen LogP contribution in [0.2, 0.25) is 0 Å². The fourth-order valence-electron chi connectivity index (χ4n) is 0.839. The van der Waals surface area contributed by atoms with Crippen molar-refractivity contribution in [3.63, 3.8) is 0 Å². The minimum Gasteiger partial charge on any atom is -0.392 e. The number of hydrogen-bond donors (Lipinski definition) is 1. The Balaban J connectivity index is 3.03. The van der Waals surface area contributed by atoms with Gasteiger partial charge in [-0.1, -0.05) is 26.7 Å². The summed E-state index contributed by atoms with van der Waals surface area (Å²) in [6.07, 6.45) is 2.83. The third-order valence-corrected chi connectivity index (χ3v) is 1.85. The molecule has 1 atom stereocenters. The van der Waals surface area contributed by atoms with E-state index < -0.39 is 0 Å². The Morgan fingerprint density at radius 1 is 1.30 bits per heavy atom. The second kappa shape index (κ2) is 5.99. The van der Waals surface area contributed by atoms with Crippen molar-refractivity contribution in [2.24, 2.45) is 5.92 Å². The van der Waals surface area contributed by atoms with Gasteiger partial charge in [-0.3, -0.25) is 0 Å². The molecule has 0 amide bonds. The summed E-state index contributed by atoms with van der Waals surface area (Å²) in [5, 5.41) is 9.04. The molecule has 0 saturated heterocycles. The zero-order valence-corrected chi connectivity index (χ0v) is 7.56. The van der Waals surface area contributed by atoms with Crippen LogP contribution in [0.3, 0.4) is 0 Å². The van der Waals surface area contributed by atoms with Crippen LogP contribution in [0.25, 0.3) is 0 Å². The highest BCUT2D eigenvalue weighted by Gasteiger charge is 2.01. The molecule has 0 rings (SSSR count). The van der Waals surface area contributed by atoms with E-state index in [0.29, 0.717) is 5.88 Å². The Morgan fingerprint density at radius 3 is 2.30 bits per heavy atom. The molecule has 0 aliphatic carbocycles. The minimum atomic E-state index is -0.291. The van der Waals surface area contributed by atoms with Crippen LogP contribution in [0.15, 0.2) is 0 Å². The fraction of sp³-hybridized carbons (Fsp3) is 1.00. The van der Waals surface area contributed by atoms with Gasteiger partial charge in [-0.05, 0) is 12.3 Å². The van der Waals surface area contributed by atoms with E-state index in [-0.39, 0.29) is 6.10 Å². The molecule has 0 fully saturated rings. The lowest BCUT2D eigenvalue weighted by Crippen LogP contribution is -2.07. The molecular weight excluding hydrogens is 148 g/mol.